The van der Waals surface area contributed by atoms with E-state index in [4.69, 9.17) is 4.74 Å². The highest BCUT2D eigenvalue weighted by Crippen LogP contribution is 2.26. The molecule has 1 amide bonds. The fraction of sp³-hybridized carbons (Fsp3) is 0.111. The first-order chi connectivity index (χ1) is 11.7. The van der Waals surface area contributed by atoms with Crippen molar-refractivity contribution >= 4 is 33.5 Å². The number of benzene rings is 2. The van der Waals surface area contributed by atoms with Crippen LogP contribution in [0.5, 0.6) is 11.5 Å². The number of nitrogens with zero attached hydrogens (tertiary/aromatic N) is 1. The molecule has 5 nitrogen and oxygen atoms in total. The van der Waals surface area contributed by atoms with Crippen molar-refractivity contribution in [2.75, 3.05) is 6.61 Å². The van der Waals surface area contributed by atoms with Crippen LogP contribution in [0, 0.1) is 0 Å². The van der Waals surface area contributed by atoms with Crippen molar-refractivity contribution in [3.8, 4) is 11.5 Å². The molecule has 2 N–H and O–H groups in total. The van der Waals surface area contributed by atoms with Gasteiger partial charge in [-0.25, -0.2) is 5.43 Å². The van der Waals surface area contributed by atoms with E-state index in [0.717, 1.165) is 10.1 Å². The maximum absolute atomic E-state index is 12.3. The number of carbonyl (C=O) groups is 1. The van der Waals surface area contributed by atoms with Gasteiger partial charge in [-0.15, -0.1) is 11.3 Å². The molecule has 0 fully saturated rings. The van der Waals surface area contributed by atoms with Gasteiger partial charge >= 0.3 is 0 Å². The number of thiophene rings is 1. The summed E-state index contributed by atoms with van der Waals surface area (Å²) in [5, 5.41) is 16.4. The Morgan fingerprint density at radius 2 is 2.17 bits per heavy atom. The Morgan fingerprint density at radius 1 is 1.33 bits per heavy atom. The van der Waals surface area contributed by atoms with E-state index in [1.54, 1.807) is 12.1 Å². The Labute approximate surface area is 143 Å². The maximum Gasteiger partial charge on any atom is 0.272 e. The summed E-state index contributed by atoms with van der Waals surface area (Å²) in [6.07, 6.45) is 1.51. The predicted octanol–water partition coefficient (Wildman–Crippen LogP) is 3.77. The van der Waals surface area contributed by atoms with Crippen molar-refractivity contribution in [3.63, 3.8) is 0 Å². The number of aromatic hydroxyl groups is 1. The number of hydrogen-bond acceptors (Lipinski definition) is 5. The van der Waals surface area contributed by atoms with Gasteiger partial charge in [-0.2, -0.15) is 5.10 Å². The van der Waals surface area contributed by atoms with E-state index < -0.39 is 0 Å². The molecule has 0 spiro atoms. The largest absolute Gasteiger partial charge is 0.504 e. The van der Waals surface area contributed by atoms with Gasteiger partial charge in [0.05, 0.1) is 18.4 Å². The summed E-state index contributed by atoms with van der Waals surface area (Å²) >= 11 is 1.52. The lowest BCUT2D eigenvalue weighted by molar-refractivity contribution is 0.0957. The van der Waals surface area contributed by atoms with E-state index in [2.05, 4.69) is 10.5 Å². The normalized spacial score (nSPS) is 11.0. The molecular formula is C18H16N2O3S. The lowest BCUT2D eigenvalue weighted by Gasteiger charge is -2.06. The monoisotopic (exact) mass is 340 g/mol. The van der Waals surface area contributed by atoms with E-state index in [9.17, 15) is 9.90 Å². The Hall–Kier alpha value is -2.86. The Bertz CT molecular complexity index is 902. The van der Waals surface area contributed by atoms with Crippen molar-refractivity contribution in [2.45, 2.75) is 6.92 Å². The number of carbonyl (C=O) groups excluding carboxylic acids is 1. The highest BCUT2D eigenvalue weighted by molar-refractivity contribution is 7.17. The fourth-order valence-electron chi connectivity index (χ4n) is 2.26. The van der Waals surface area contributed by atoms with Gasteiger partial charge in [0.2, 0.25) is 0 Å². The van der Waals surface area contributed by atoms with Crippen LogP contribution < -0.4 is 10.2 Å². The molecule has 3 aromatic rings. The smallest absolute Gasteiger partial charge is 0.272 e. The van der Waals surface area contributed by atoms with Crippen LogP contribution in [0.3, 0.4) is 0 Å². The van der Waals surface area contributed by atoms with Crippen LogP contribution in [0.15, 0.2) is 52.9 Å². The Morgan fingerprint density at radius 3 is 3.00 bits per heavy atom. The molecule has 1 aromatic heterocycles. The summed E-state index contributed by atoms with van der Waals surface area (Å²) in [5.41, 5.74) is 3.85. The van der Waals surface area contributed by atoms with Crippen molar-refractivity contribution in [1.29, 1.82) is 0 Å². The molecule has 0 radical (unpaired) electrons. The van der Waals surface area contributed by atoms with Gasteiger partial charge in [0.15, 0.2) is 11.5 Å². The number of hydrazone groups is 1. The molecule has 0 unspecified atom stereocenters. The fourth-order valence-corrected chi connectivity index (χ4v) is 3.20. The van der Waals surface area contributed by atoms with Crippen molar-refractivity contribution in [1.82, 2.24) is 5.43 Å². The van der Waals surface area contributed by atoms with E-state index in [1.807, 2.05) is 36.6 Å². The number of phenols is 1. The van der Waals surface area contributed by atoms with Crippen LogP contribution in [0.2, 0.25) is 0 Å². The molecule has 3 rings (SSSR count). The SMILES string of the molecule is CCOc1cc(C=NNC(=O)c2csc3ccccc23)ccc1O. The molecule has 0 bridgehead atoms. The summed E-state index contributed by atoms with van der Waals surface area (Å²) in [5.74, 6) is 0.201. The van der Waals surface area contributed by atoms with E-state index in [0.29, 0.717) is 23.5 Å². The van der Waals surface area contributed by atoms with Crippen LogP contribution in [-0.2, 0) is 0 Å². The van der Waals surface area contributed by atoms with E-state index in [1.165, 1.54) is 23.6 Å². The molecule has 0 aliphatic rings. The second-order valence-corrected chi connectivity index (χ2v) is 5.92. The van der Waals surface area contributed by atoms with Crippen LogP contribution in [0.25, 0.3) is 10.1 Å². The zero-order valence-electron chi connectivity index (χ0n) is 13.0. The minimum Gasteiger partial charge on any atom is -0.504 e. The van der Waals surface area contributed by atoms with Crippen molar-refractivity contribution in [3.05, 3.63) is 59.0 Å². The summed E-state index contributed by atoms with van der Waals surface area (Å²) in [6, 6.07) is 12.6. The molecule has 6 heteroatoms. The second-order valence-electron chi connectivity index (χ2n) is 5.00. The molecule has 0 saturated heterocycles. The number of ether oxygens (including phenoxy) is 1. The van der Waals surface area contributed by atoms with Crippen LogP contribution >= 0.6 is 11.3 Å². The number of phenolic OH excluding ortho intramolecular Hbond substituents is 1. The first-order valence-electron chi connectivity index (χ1n) is 7.44. The lowest BCUT2D eigenvalue weighted by atomic mass is 10.2. The third kappa shape index (κ3) is 3.38. The first-order valence-corrected chi connectivity index (χ1v) is 8.32. The number of amides is 1. The summed E-state index contributed by atoms with van der Waals surface area (Å²) in [7, 11) is 0. The summed E-state index contributed by atoms with van der Waals surface area (Å²) in [4.78, 5) is 12.3. The molecule has 24 heavy (non-hydrogen) atoms. The number of rotatable bonds is 5. The highest BCUT2D eigenvalue weighted by atomic mass is 32.1. The molecule has 2 aromatic carbocycles. The highest BCUT2D eigenvalue weighted by Gasteiger charge is 2.10. The minimum absolute atomic E-state index is 0.0720. The van der Waals surface area contributed by atoms with Gasteiger partial charge in [0.25, 0.3) is 5.91 Å². The molecule has 0 aliphatic carbocycles. The molecule has 0 saturated carbocycles. The summed E-state index contributed by atoms with van der Waals surface area (Å²) < 4.78 is 6.38. The third-order valence-electron chi connectivity index (χ3n) is 3.39. The zero-order chi connectivity index (χ0) is 16.9. The van der Waals surface area contributed by atoms with Gasteiger partial charge in [-0.3, -0.25) is 4.79 Å². The lowest BCUT2D eigenvalue weighted by Crippen LogP contribution is -2.17. The van der Waals surface area contributed by atoms with Crippen LogP contribution in [-0.4, -0.2) is 23.8 Å². The van der Waals surface area contributed by atoms with Crippen molar-refractivity contribution < 1.29 is 14.6 Å². The van der Waals surface area contributed by atoms with Gasteiger partial charge < -0.3 is 9.84 Å². The van der Waals surface area contributed by atoms with Crippen LogP contribution in [0.4, 0.5) is 0 Å². The minimum atomic E-state index is -0.257. The average Bonchev–Trinajstić information content (AvgIpc) is 3.02. The third-order valence-corrected chi connectivity index (χ3v) is 4.35. The standard InChI is InChI=1S/C18H16N2O3S/c1-2-23-16-9-12(7-8-15(16)21)10-19-20-18(22)14-11-24-17-6-4-3-5-13(14)17/h3-11,21H,2H2,1H3,(H,20,22). The molecule has 1 heterocycles. The van der Waals surface area contributed by atoms with E-state index >= 15 is 0 Å². The summed E-state index contributed by atoms with van der Waals surface area (Å²) in [6.45, 7) is 2.29. The first kappa shape index (κ1) is 16.0. The van der Waals surface area contributed by atoms with Gasteiger partial charge in [0, 0.05) is 15.5 Å². The molecule has 0 atom stereocenters. The van der Waals surface area contributed by atoms with Gasteiger partial charge in [-0.1, -0.05) is 18.2 Å². The van der Waals surface area contributed by atoms with E-state index in [-0.39, 0.29) is 11.7 Å². The predicted molar refractivity (Wildman–Crippen MR) is 96.2 cm³/mol. The zero-order valence-corrected chi connectivity index (χ0v) is 13.8. The molecule has 122 valence electrons. The average molecular weight is 340 g/mol. The van der Waals surface area contributed by atoms with Crippen molar-refractivity contribution in [2.24, 2.45) is 5.10 Å². The number of nitrogens with one attached hydrogen (secondary N) is 1. The quantitative estimate of drug-likeness (QED) is 0.549. The van der Waals surface area contributed by atoms with Gasteiger partial charge in [-0.05, 0) is 36.8 Å². The van der Waals surface area contributed by atoms with Gasteiger partial charge in [0.1, 0.15) is 0 Å². The van der Waals surface area contributed by atoms with Crippen LogP contribution in [0.1, 0.15) is 22.8 Å². The maximum atomic E-state index is 12.3. The topological polar surface area (TPSA) is 70.9 Å². The Balaban J connectivity index is 1.72. The molecule has 0 aliphatic heterocycles. The molecular weight excluding hydrogens is 324 g/mol. The Kier molecular flexibility index (Phi) is 4.77. The number of hydrogen-bond donors (Lipinski definition) is 2. The number of fused-ring (bicyclic) bond motifs is 1. The second kappa shape index (κ2) is 7.14.